The molecular formula is C13H14N2O. The van der Waals surface area contributed by atoms with Gasteiger partial charge in [-0.2, -0.15) is 0 Å². The van der Waals surface area contributed by atoms with Gasteiger partial charge in [0.15, 0.2) is 0 Å². The summed E-state index contributed by atoms with van der Waals surface area (Å²) in [5, 5.41) is 10.1. The van der Waals surface area contributed by atoms with E-state index < -0.39 is 6.10 Å². The molecule has 0 aliphatic carbocycles. The van der Waals surface area contributed by atoms with Crippen LogP contribution in [0.25, 0.3) is 0 Å². The molecule has 2 heterocycles. The van der Waals surface area contributed by atoms with Crippen molar-refractivity contribution in [1.82, 2.24) is 9.97 Å². The molecule has 0 spiro atoms. The summed E-state index contributed by atoms with van der Waals surface area (Å²) in [4.78, 5) is 8.38. The molecule has 2 rings (SSSR count). The number of aromatic nitrogens is 2. The first-order valence-corrected chi connectivity index (χ1v) is 5.27. The lowest BCUT2D eigenvalue weighted by atomic mass is 10.1. The van der Waals surface area contributed by atoms with Crippen molar-refractivity contribution in [2.75, 3.05) is 0 Å². The highest BCUT2D eigenvalue weighted by atomic mass is 16.3. The van der Waals surface area contributed by atoms with Crippen molar-refractivity contribution in [3.8, 4) is 0 Å². The number of aliphatic hydroxyl groups is 1. The lowest BCUT2D eigenvalue weighted by molar-refractivity contribution is 0.171. The first kappa shape index (κ1) is 10.8. The van der Waals surface area contributed by atoms with Crippen LogP contribution >= 0.6 is 0 Å². The maximum atomic E-state index is 10.1. The van der Waals surface area contributed by atoms with Crippen molar-refractivity contribution < 1.29 is 5.11 Å². The quantitative estimate of drug-likeness (QED) is 0.850. The van der Waals surface area contributed by atoms with Crippen LogP contribution in [0.2, 0.25) is 0 Å². The summed E-state index contributed by atoms with van der Waals surface area (Å²) in [7, 11) is 0. The van der Waals surface area contributed by atoms with Crippen LogP contribution in [0, 0.1) is 6.92 Å². The Bertz CT molecular complexity index is 456. The molecule has 1 atom stereocenters. The predicted octanol–water partition coefficient (Wildman–Crippen LogP) is 2.06. The molecule has 16 heavy (non-hydrogen) atoms. The zero-order chi connectivity index (χ0) is 11.4. The van der Waals surface area contributed by atoms with Gasteiger partial charge in [0.1, 0.15) is 6.10 Å². The average molecular weight is 214 g/mol. The van der Waals surface area contributed by atoms with E-state index in [1.165, 1.54) is 0 Å². The smallest absolute Gasteiger partial charge is 0.102 e. The van der Waals surface area contributed by atoms with Gasteiger partial charge in [0.05, 0.1) is 5.69 Å². The van der Waals surface area contributed by atoms with E-state index >= 15 is 0 Å². The lowest BCUT2D eigenvalue weighted by Crippen LogP contribution is -2.07. The molecule has 3 nitrogen and oxygen atoms in total. The third kappa shape index (κ3) is 2.44. The van der Waals surface area contributed by atoms with Crippen molar-refractivity contribution in [3.63, 3.8) is 0 Å². The molecule has 0 aliphatic rings. The second kappa shape index (κ2) is 4.86. The second-order valence-electron chi connectivity index (χ2n) is 3.75. The molecule has 0 saturated heterocycles. The highest BCUT2D eigenvalue weighted by Crippen LogP contribution is 2.17. The number of hydrogen-bond donors (Lipinski definition) is 1. The van der Waals surface area contributed by atoms with Gasteiger partial charge in [-0.05, 0) is 30.7 Å². The minimum absolute atomic E-state index is 0.499. The third-order valence-electron chi connectivity index (χ3n) is 2.49. The number of rotatable bonds is 3. The molecule has 0 radical (unpaired) electrons. The Balaban J connectivity index is 2.15. The Morgan fingerprint density at radius 2 is 1.94 bits per heavy atom. The number of aliphatic hydroxyl groups excluding tert-OH is 1. The molecule has 0 aromatic carbocycles. The first-order chi connectivity index (χ1) is 7.77. The van der Waals surface area contributed by atoms with Crippen LogP contribution in [0.3, 0.4) is 0 Å². The van der Waals surface area contributed by atoms with Gasteiger partial charge >= 0.3 is 0 Å². The summed E-state index contributed by atoms with van der Waals surface area (Å²) in [5.74, 6) is 0. The van der Waals surface area contributed by atoms with Crippen molar-refractivity contribution in [2.45, 2.75) is 19.4 Å². The van der Waals surface area contributed by atoms with Gasteiger partial charge in [-0.15, -0.1) is 0 Å². The Labute approximate surface area is 94.8 Å². The average Bonchev–Trinajstić information content (AvgIpc) is 2.31. The zero-order valence-electron chi connectivity index (χ0n) is 9.17. The lowest BCUT2D eigenvalue weighted by Gasteiger charge is -2.11. The maximum Gasteiger partial charge on any atom is 0.102 e. The minimum Gasteiger partial charge on any atom is -0.386 e. The van der Waals surface area contributed by atoms with Crippen molar-refractivity contribution in [3.05, 3.63) is 59.7 Å². The topological polar surface area (TPSA) is 46.0 Å². The number of hydrogen-bond acceptors (Lipinski definition) is 3. The predicted molar refractivity (Wildman–Crippen MR) is 61.9 cm³/mol. The van der Waals surface area contributed by atoms with Crippen LogP contribution in [0.4, 0.5) is 0 Å². The monoisotopic (exact) mass is 214 g/mol. The van der Waals surface area contributed by atoms with E-state index in [-0.39, 0.29) is 0 Å². The van der Waals surface area contributed by atoms with Crippen LogP contribution in [-0.2, 0) is 6.42 Å². The molecule has 0 amide bonds. The second-order valence-corrected chi connectivity index (χ2v) is 3.75. The van der Waals surface area contributed by atoms with Gasteiger partial charge in [0, 0.05) is 24.5 Å². The SMILES string of the molecule is Cc1cccnc1C(O)Cc1ccccn1. The standard InChI is InChI=1S/C13H14N2O/c1-10-5-4-8-15-13(10)12(16)9-11-6-2-3-7-14-11/h2-8,12,16H,9H2,1H3. The molecule has 2 aromatic heterocycles. The summed E-state index contributed by atoms with van der Waals surface area (Å²) in [6.07, 6.45) is 3.34. The summed E-state index contributed by atoms with van der Waals surface area (Å²) in [6.45, 7) is 1.95. The maximum absolute atomic E-state index is 10.1. The highest BCUT2D eigenvalue weighted by molar-refractivity contribution is 5.21. The van der Waals surface area contributed by atoms with Gasteiger partial charge < -0.3 is 5.11 Å². The van der Waals surface area contributed by atoms with Crippen molar-refractivity contribution in [2.24, 2.45) is 0 Å². The van der Waals surface area contributed by atoms with Gasteiger partial charge in [-0.1, -0.05) is 12.1 Å². The van der Waals surface area contributed by atoms with Gasteiger partial charge in [0.2, 0.25) is 0 Å². The number of nitrogens with zero attached hydrogens (tertiary/aromatic N) is 2. The molecule has 0 bridgehead atoms. The Kier molecular flexibility index (Phi) is 3.27. The van der Waals surface area contributed by atoms with Crippen LogP contribution in [0.5, 0.6) is 0 Å². The van der Waals surface area contributed by atoms with Crippen LogP contribution < -0.4 is 0 Å². The van der Waals surface area contributed by atoms with Crippen molar-refractivity contribution in [1.29, 1.82) is 0 Å². The molecule has 0 aliphatic heterocycles. The van der Waals surface area contributed by atoms with E-state index in [9.17, 15) is 5.11 Å². The molecule has 1 unspecified atom stereocenters. The van der Waals surface area contributed by atoms with Gasteiger partial charge in [-0.3, -0.25) is 9.97 Å². The normalized spacial score (nSPS) is 12.4. The Morgan fingerprint density at radius 1 is 1.12 bits per heavy atom. The van der Waals surface area contributed by atoms with E-state index in [0.29, 0.717) is 6.42 Å². The summed E-state index contributed by atoms with van der Waals surface area (Å²) >= 11 is 0. The largest absolute Gasteiger partial charge is 0.386 e. The highest BCUT2D eigenvalue weighted by Gasteiger charge is 2.12. The van der Waals surface area contributed by atoms with E-state index in [1.807, 2.05) is 37.3 Å². The van der Waals surface area contributed by atoms with Gasteiger partial charge in [-0.25, -0.2) is 0 Å². The summed E-state index contributed by atoms with van der Waals surface area (Å²) < 4.78 is 0. The first-order valence-electron chi connectivity index (χ1n) is 5.27. The van der Waals surface area contributed by atoms with E-state index in [2.05, 4.69) is 9.97 Å². The fourth-order valence-corrected chi connectivity index (χ4v) is 1.66. The third-order valence-corrected chi connectivity index (χ3v) is 2.49. The molecular weight excluding hydrogens is 200 g/mol. The summed E-state index contributed by atoms with van der Waals surface area (Å²) in [5.41, 5.74) is 2.61. The molecule has 0 fully saturated rings. The zero-order valence-corrected chi connectivity index (χ0v) is 9.17. The van der Waals surface area contributed by atoms with Crippen LogP contribution in [0.1, 0.15) is 23.1 Å². The minimum atomic E-state index is -0.587. The molecule has 2 aromatic rings. The number of pyridine rings is 2. The van der Waals surface area contributed by atoms with Gasteiger partial charge in [0.25, 0.3) is 0 Å². The molecule has 3 heteroatoms. The Hall–Kier alpha value is -1.74. The number of aryl methyl sites for hydroxylation is 1. The van der Waals surface area contributed by atoms with E-state index in [1.54, 1.807) is 12.4 Å². The molecule has 1 N–H and O–H groups in total. The van der Waals surface area contributed by atoms with Crippen molar-refractivity contribution >= 4 is 0 Å². The van der Waals surface area contributed by atoms with Crippen LogP contribution in [0.15, 0.2) is 42.7 Å². The van der Waals surface area contributed by atoms with Crippen LogP contribution in [-0.4, -0.2) is 15.1 Å². The molecule has 82 valence electrons. The molecule has 0 saturated carbocycles. The fourth-order valence-electron chi connectivity index (χ4n) is 1.66. The summed E-state index contributed by atoms with van der Waals surface area (Å²) in [6, 6.07) is 9.50. The Morgan fingerprint density at radius 3 is 2.62 bits per heavy atom. The van der Waals surface area contributed by atoms with E-state index in [0.717, 1.165) is 17.0 Å². The van der Waals surface area contributed by atoms with E-state index in [4.69, 9.17) is 0 Å². The fraction of sp³-hybridized carbons (Fsp3) is 0.231.